The van der Waals surface area contributed by atoms with Crippen LogP contribution in [0.4, 0.5) is 0 Å². The topological polar surface area (TPSA) is 75.0 Å². The molecule has 1 aromatic rings. The molecule has 1 aromatic heterocycles. The van der Waals surface area contributed by atoms with Gasteiger partial charge in [-0.3, -0.25) is 9.78 Å². The van der Waals surface area contributed by atoms with E-state index in [-0.39, 0.29) is 10.3 Å². The van der Waals surface area contributed by atoms with E-state index in [9.17, 15) is 4.79 Å². The second kappa shape index (κ2) is 4.65. The number of aromatic nitrogens is 2. The predicted molar refractivity (Wildman–Crippen MR) is 64.7 cm³/mol. The van der Waals surface area contributed by atoms with Crippen LogP contribution in [0.3, 0.4) is 0 Å². The number of rotatable bonds is 3. The molecule has 0 atom stereocenters. The molecule has 0 aliphatic carbocycles. The Hall–Kier alpha value is -0.720. The van der Waals surface area contributed by atoms with E-state index in [2.05, 4.69) is 21.3 Å². The van der Waals surface area contributed by atoms with E-state index in [1.165, 1.54) is 0 Å². The Kier molecular flexibility index (Phi) is 3.41. The Morgan fingerprint density at radius 2 is 2.25 bits per heavy atom. The maximum Gasteiger partial charge on any atom is 0.323 e. The van der Waals surface area contributed by atoms with E-state index < -0.39 is 0 Å². The van der Waals surface area contributed by atoms with Gasteiger partial charge in [0.1, 0.15) is 5.82 Å². The third-order valence-electron chi connectivity index (χ3n) is 3.51. The van der Waals surface area contributed by atoms with E-state index in [0.717, 1.165) is 49.7 Å². The highest BCUT2D eigenvalue weighted by molar-refractivity contribution is 7.02. The normalized spacial score (nSPS) is 21.1. The van der Waals surface area contributed by atoms with Crippen molar-refractivity contribution in [3.63, 3.8) is 0 Å². The third kappa shape index (κ3) is 2.50. The van der Waals surface area contributed by atoms with Crippen LogP contribution in [0.5, 0.6) is 0 Å². The second-order valence-corrected chi connectivity index (χ2v) is 5.46. The molecule has 0 unspecified atom stereocenters. The number of hydrogen-bond donors (Lipinski definition) is 2. The maximum atomic E-state index is 11.0. The first kappa shape index (κ1) is 11.8. The van der Waals surface area contributed by atoms with Gasteiger partial charge in [-0.25, -0.2) is 0 Å². The summed E-state index contributed by atoms with van der Waals surface area (Å²) in [5.41, 5.74) is 6.03. The molecular formula is C10H18N4OS. The van der Waals surface area contributed by atoms with Gasteiger partial charge in [-0.05, 0) is 44.9 Å². The molecule has 0 aromatic carbocycles. The lowest BCUT2D eigenvalue weighted by Crippen LogP contribution is -2.43. The summed E-state index contributed by atoms with van der Waals surface area (Å²) in [5.74, 6) is 0.796. The molecule has 0 spiro atoms. The minimum atomic E-state index is -0.0740. The van der Waals surface area contributed by atoms with Crippen molar-refractivity contribution >= 4 is 11.5 Å². The minimum Gasteiger partial charge on any atom is -0.330 e. The van der Waals surface area contributed by atoms with Crippen LogP contribution in [0.2, 0.25) is 0 Å². The van der Waals surface area contributed by atoms with Crippen molar-refractivity contribution in [3.8, 4) is 0 Å². The van der Waals surface area contributed by atoms with Crippen LogP contribution in [0, 0.1) is 5.41 Å². The zero-order valence-corrected chi connectivity index (χ0v) is 10.3. The Bertz CT molecular complexity index is 392. The highest BCUT2D eigenvalue weighted by Crippen LogP contribution is 2.32. The Morgan fingerprint density at radius 3 is 2.75 bits per heavy atom. The van der Waals surface area contributed by atoms with Crippen molar-refractivity contribution < 1.29 is 0 Å². The number of piperidine rings is 1. The van der Waals surface area contributed by atoms with Crippen LogP contribution < -0.4 is 10.6 Å². The van der Waals surface area contributed by atoms with Gasteiger partial charge in [0.15, 0.2) is 0 Å². The molecule has 0 saturated carbocycles. The van der Waals surface area contributed by atoms with Crippen LogP contribution in [-0.2, 0) is 6.42 Å². The van der Waals surface area contributed by atoms with E-state index in [1.54, 1.807) is 0 Å². The number of nitrogens with zero attached hydrogens (tertiary/aromatic N) is 2. The summed E-state index contributed by atoms with van der Waals surface area (Å²) < 4.78 is 4.13. The molecule has 6 heteroatoms. The van der Waals surface area contributed by atoms with E-state index in [1.807, 2.05) is 0 Å². The summed E-state index contributed by atoms with van der Waals surface area (Å²) in [6.45, 7) is 2.82. The van der Waals surface area contributed by atoms with Gasteiger partial charge in [0.05, 0.1) is 0 Å². The predicted octanol–water partition coefficient (Wildman–Crippen LogP) is 0.0446. The molecule has 1 aliphatic heterocycles. The van der Waals surface area contributed by atoms with Crippen LogP contribution in [0.1, 0.15) is 18.7 Å². The Morgan fingerprint density at radius 1 is 1.56 bits per heavy atom. The molecule has 16 heavy (non-hydrogen) atoms. The number of hydrogen-bond acceptors (Lipinski definition) is 5. The SMILES string of the molecule is CN1CCC(CN)(Cc2nsc(=O)[nH]2)CC1. The molecule has 1 fully saturated rings. The number of nitrogens with one attached hydrogen (secondary N) is 1. The van der Waals surface area contributed by atoms with Crippen molar-refractivity contribution in [2.24, 2.45) is 11.1 Å². The Labute approximate surface area is 98.8 Å². The zero-order chi connectivity index (χ0) is 11.6. The lowest BCUT2D eigenvalue weighted by Gasteiger charge is -2.39. The molecular weight excluding hydrogens is 224 g/mol. The molecule has 1 aliphatic rings. The summed E-state index contributed by atoms with van der Waals surface area (Å²) in [6.07, 6.45) is 2.97. The van der Waals surface area contributed by atoms with E-state index in [4.69, 9.17) is 5.73 Å². The van der Waals surface area contributed by atoms with Crippen LogP contribution in [0.15, 0.2) is 4.79 Å². The first-order valence-corrected chi connectivity index (χ1v) is 6.34. The highest BCUT2D eigenvalue weighted by Gasteiger charge is 2.33. The number of aromatic amines is 1. The van der Waals surface area contributed by atoms with Gasteiger partial charge in [-0.1, -0.05) is 0 Å². The summed E-state index contributed by atoms with van der Waals surface area (Å²) in [7, 11) is 2.13. The summed E-state index contributed by atoms with van der Waals surface area (Å²) in [5, 5.41) is 0. The van der Waals surface area contributed by atoms with Gasteiger partial charge >= 0.3 is 4.87 Å². The molecule has 2 rings (SSSR count). The van der Waals surface area contributed by atoms with Crippen molar-refractivity contribution in [1.29, 1.82) is 0 Å². The molecule has 5 nitrogen and oxygen atoms in total. The van der Waals surface area contributed by atoms with Crippen molar-refractivity contribution in [2.45, 2.75) is 19.3 Å². The van der Waals surface area contributed by atoms with Gasteiger partial charge in [-0.2, -0.15) is 4.37 Å². The smallest absolute Gasteiger partial charge is 0.323 e. The number of likely N-dealkylation sites (tertiary alicyclic amines) is 1. The number of nitrogens with two attached hydrogens (primary N) is 1. The van der Waals surface area contributed by atoms with Gasteiger partial charge in [0.2, 0.25) is 0 Å². The largest absolute Gasteiger partial charge is 0.330 e. The van der Waals surface area contributed by atoms with Crippen molar-refractivity contribution in [2.75, 3.05) is 26.7 Å². The van der Waals surface area contributed by atoms with Gasteiger partial charge in [-0.15, -0.1) is 0 Å². The molecule has 0 radical (unpaired) electrons. The Balaban J connectivity index is 2.07. The summed E-state index contributed by atoms with van der Waals surface area (Å²) in [4.78, 5) is 16.1. The minimum absolute atomic E-state index is 0.0740. The standard InChI is InChI=1S/C10H18N4OS/c1-14-4-2-10(7-11,3-5-14)6-8-12-9(15)16-13-8/h2-7,11H2,1H3,(H,12,13,15). The molecule has 2 heterocycles. The zero-order valence-electron chi connectivity index (χ0n) is 9.53. The van der Waals surface area contributed by atoms with Gasteiger partial charge in [0, 0.05) is 18.0 Å². The fourth-order valence-electron chi connectivity index (χ4n) is 2.24. The molecule has 90 valence electrons. The molecule has 3 N–H and O–H groups in total. The fourth-order valence-corrected chi connectivity index (χ4v) is 2.70. The third-order valence-corrected chi connectivity index (χ3v) is 4.09. The van der Waals surface area contributed by atoms with Gasteiger partial charge in [0.25, 0.3) is 0 Å². The van der Waals surface area contributed by atoms with Crippen molar-refractivity contribution in [1.82, 2.24) is 14.3 Å². The maximum absolute atomic E-state index is 11.0. The summed E-state index contributed by atoms with van der Waals surface area (Å²) >= 11 is 0.990. The first-order valence-electron chi connectivity index (χ1n) is 5.57. The molecule has 0 bridgehead atoms. The van der Waals surface area contributed by atoms with E-state index in [0.29, 0.717) is 6.54 Å². The quantitative estimate of drug-likeness (QED) is 0.785. The van der Waals surface area contributed by atoms with Crippen LogP contribution >= 0.6 is 11.5 Å². The van der Waals surface area contributed by atoms with Crippen molar-refractivity contribution in [3.05, 3.63) is 15.5 Å². The lowest BCUT2D eigenvalue weighted by atomic mass is 9.75. The monoisotopic (exact) mass is 242 g/mol. The summed E-state index contributed by atoms with van der Waals surface area (Å²) in [6, 6.07) is 0. The average molecular weight is 242 g/mol. The molecule has 0 amide bonds. The average Bonchev–Trinajstić information content (AvgIpc) is 2.68. The van der Waals surface area contributed by atoms with Crippen LogP contribution in [-0.4, -0.2) is 40.9 Å². The second-order valence-electron chi connectivity index (χ2n) is 4.73. The first-order chi connectivity index (χ1) is 7.63. The van der Waals surface area contributed by atoms with Gasteiger partial charge < -0.3 is 10.6 Å². The molecule has 1 saturated heterocycles. The van der Waals surface area contributed by atoms with E-state index >= 15 is 0 Å². The fraction of sp³-hybridized carbons (Fsp3) is 0.800. The van der Waals surface area contributed by atoms with Crippen LogP contribution in [0.25, 0.3) is 0 Å². The highest BCUT2D eigenvalue weighted by atomic mass is 32.1. The number of H-pyrrole nitrogens is 1. The lowest BCUT2D eigenvalue weighted by molar-refractivity contribution is 0.127.